The van der Waals surface area contributed by atoms with E-state index in [1.54, 1.807) is 24.3 Å². The fourth-order valence-electron chi connectivity index (χ4n) is 1.96. The monoisotopic (exact) mass is 345 g/mol. The van der Waals surface area contributed by atoms with Gasteiger partial charge in [0.05, 0.1) is 25.4 Å². The van der Waals surface area contributed by atoms with Gasteiger partial charge in [0.2, 0.25) is 5.75 Å². The van der Waals surface area contributed by atoms with Crippen LogP contribution in [0.2, 0.25) is 0 Å². The molecule has 25 heavy (non-hydrogen) atoms. The number of aromatic hydroxyl groups is 1. The van der Waals surface area contributed by atoms with E-state index >= 15 is 0 Å². The van der Waals surface area contributed by atoms with Crippen LogP contribution in [0, 0.1) is 10.1 Å². The first-order valence-corrected chi connectivity index (χ1v) is 6.99. The summed E-state index contributed by atoms with van der Waals surface area (Å²) in [5, 5.41) is 24.4. The van der Waals surface area contributed by atoms with Gasteiger partial charge in [0.1, 0.15) is 5.75 Å². The van der Waals surface area contributed by atoms with Crippen molar-refractivity contribution < 1.29 is 24.3 Å². The molecule has 0 bridgehead atoms. The second kappa shape index (κ2) is 7.77. The summed E-state index contributed by atoms with van der Waals surface area (Å²) in [6, 6.07) is 8.86. The summed E-state index contributed by atoms with van der Waals surface area (Å²) >= 11 is 0. The number of phenolic OH excluding ortho intramolecular Hbond substituents is 1. The zero-order valence-electron chi connectivity index (χ0n) is 13.4. The zero-order valence-corrected chi connectivity index (χ0v) is 13.4. The molecule has 130 valence electrons. The summed E-state index contributed by atoms with van der Waals surface area (Å²) in [5.74, 6) is -0.494. The highest BCUT2D eigenvalue weighted by Crippen LogP contribution is 2.36. The molecule has 2 N–H and O–H groups in total. The first-order chi connectivity index (χ1) is 12.0. The minimum atomic E-state index is -0.745. The van der Waals surface area contributed by atoms with Crippen LogP contribution in [0.25, 0.3) is 0 Å². The van der Waals surface area contributed by atoms with Crippen LogP contribution in [0.15, 0.2) is 41.5 Å². The predicted molar refractivity (Wildman–Crippen MR) is 89.4 cm³/mol. The average Bonchev–Trinajstić information content (AvgIpc) is 2.62. The molecule has 0 unspecified atom stereocenters. The van der Waals surface area contributed by atoms with E-state index in [1.807, 2.05) is 0 Å². The normalized spacial score (nSPS) is 10.5. The van der Waals surface area contributed by atoms with E-state index in [-0.39, 0.29) is 11.3 Å². The summed E-state index contributed by atoms with van der Waals surface area (Å²) in [5.41, 5.74) is 2.42. The van der Waals surface area contributed by atoms with Gasteiger partial charge >= 0.3 is 5.69 Å². The summed E-state index contributed by atoms with van der Waals surface area (Å²) < 4.78 is 9.88. The quantitative estimate of drug-likeness (QED) is 0.469. The summed E-state index contributed by atoms with van der Waals surface area (Å²) in [7, 11) is 2.79. The number of carbonyl (C=O) groups excluding carboxylic acids is 1. The lowest BCUT2D eigenvalue weighted by atomic mass is 10.2. The van der Waals surface area contributed by atoms with Crippen LogP contribution < -0.4 is 14.9 Å². The molecule has 9 nitrogen and oxygen atoms in total. The van der Waals surface area contributed by atoms with Gasteiger partial charge in [-0.25, -0.2) is 5.43 Å². The molecule has 0 heterocycles. The zero-order chi connectivity index (χ0) is 18.4. The summed E-state index contributed by atoms with van der Waals surface area (Å²) in [6.45, 7) is 0. The van der Waals surface area contributed by atoms with E-state index in [9.17, 15) is 20.0 Å². The number of hydrogen-bond donors (Lipinski definition) is 2. The van der Waals surface area contributed by atoms with Crippen molar-refractivity contribution in [1.82, 2.24) is 5.43 Å². The molecule has 0 aliphatic heterocycles. The van der Waals surface area contributed by atoms with Crippen LogP contribution in [-0.2, 0) is 0 Å². The smallest absolute Gasteiger partial charge is 0.315 e. The highest BCUT2D eigenvalue weighted by Gasteiger charge is 2.19. The molecule has 0 saturated heterocycles. The molecule has 1 amide bonds. The lowest BCUT2D eigenvalue weighted by Gasteiger charge is -2.05. The number of ether oxygens (including phenoxy) is 2. The van der Waals surface area contributed by atoms with Crippen molar-refractivity contribution in [3.8, 4) is 17.2 Å². The number of amides is 1. The Bertz CT molecular complexity index is 817. The largest absolute Gasteiger partial charge is 0.500 e. The third-order valence-electron chi connectivity index (χ3n) is 3.23. The van der Waals surface area contributed by atoms with E-state index in [0.717, 1.165) is 6.07 Å². The lowest BCUT2D eigenvalue weighted by Crippen LogP contribution is -2.17. The third kappa shape index (κ3) is 4.22. The Kier molecular flexibility index (Phi) is 5.51. The molecule has 0 saturated carbocycles. The molecular formula is C16H15N3O6. The van der Waals surface area contributed by atoms with E-state index < -0.39 is 22.3 Å². The van der Waals surface area contributed by atoms with Gasteiger partial charge in [0.15, 0.2) is 5.75 Å². The van der Waals surface area contributed by atoms with Gasteiger partial charge < -0.3 is 14.6 Å². The van der Waals surface area contributed by atoms with E-state index in [0.29, 0.717) is 11.3 Å². The van der Waals surface area contributed by atoms with Crippen LogP contribution in [0.1, 0.15) is 15.9 Å². The van der Waals surface area contributed by atoms with E-state index in [1.165, 1.54) is 26.5 Å². The van der Waals surface area contributed by atoms with Crippen LogP contribution in [-0.4, -0.2) is 36.4 Å². The molecule has 0 aliphatic rings. The van der Waals surface area contributed by atoms with Crippen LogP contribution in [0.5, 0.6) is 17.2 Å². The molecule has 2 aromatic rings. The SMILES string of the molecule is COc1ccc(C(=O)N/N=C/c2cc(OC)c(O)c([N+](=O)[O-])c2)cc1. The number of hydrazone groups is 1. The van der Waals surface area contributed by atoms with Crippen molar-refractivity contribution in [3.63, 3.8) is 0 Å². The van der Waals surface area contributed by atoms with E-state index in [2.05, 4.69) is 10.5 Å². The standard InChI is InChI=1S/C16H15N3O6/c1-24-12-5-3-11(4-6-12)16(21)18-17-9-10-7-13(19(22)23)15(20)14(8-10)25-2/h3-9,20H,1-2H3,(H,18,21)/b17-9+. The molecule has 0 atom stereocenters. The number of nitro benzene ring substituents is 1. The Labute approximate surface area is 142 Å². The number of benzene rings is 2. The van der Waals surface area contributed by atoms with Crippen molar-refractivity contribution in [1.29, 1.82) is 0 Å². The fraction of sp³-hybridized carbons (Fsp3) is 0.125. The minimum absolute atomic E-state index is 0.0721. The number of nitrogens with one attached hydrogen (secondary N) is 1. The summed E-state index contributed by atoms with van der Waals surface area (Å²) in [4.78, 5) is 22.1. The second-order valence-corrected chi connectivity index (χ2v) is 4.78. The number of carbonyl (C=O) groups is 1. The molecule has 0 aromatic heterocycles. The number of nitrogens with zero attached hydrogens (tertiary/aromatic N) is 2. The molecule has 0 radical (unpaired) electrons. The summed E-state index contributed by atoms with van der Waals surface area (Å²) in [6.07, 6.45) is 1.20. The number of methoxy groups -OCH3 is 2. The number of rotatable bonds is 6. The highest BCUT2D eigenvalue weighted by atomic mass is 16.6. The number of nitro groups is 1. The second-order valence-electron chi connectivity index (χ2n) is 4.78. The number of hydrogen-bond acceptors (Lipinski definition) is 7. The van der Waals surface area contributed by atoms with Gasteiger partial charge in [-0.3, -0.25) is 14.9 Å². The van der Waals surface area contributed by atoms with Gasteiger partial charge in [-0.1, -0.05) is 0 Å². The number of phenols is 1. The van der Waals surface area contributed by atoms with Gasteiger partial charge in [-0.15, -0.1) is 0 Å². The topological polar surface area (TPSA) is 123 Å². The van der Waals surface area contributed by atoms with Crippen molar-refractivity contribution in [3.05, 3.63) is 57.6 Å². The Balaban J connectivity index is 2.14. The maximum absolute atomic E-state index is 11.9. The van der Waals surface area contributed by atoms with Gasteiger partial charge in [-0.2, -0.15) is 5.10 Å². The molecule has 0 aliphatic carbocycles. The van der Waals surface area contributed by atoms with Crippen molar-refractivity contribution in [2.45, 2.75) is 0 Å². The van der Waals surface area contributed by atoms with Crippen LogP contribution in [0.3, 0.4) is 0 Å². The maximum atomic E-state index is 11.9. The molecule has 2 rings (SSSR count). The van der Waals surface area contributed by atoms with Crippen molar-refractivity contribution >= 4 is 17.8 Å². The van der Waals surface area contributed by atoms with Gasteiger partial charge in [0.25, 0.3) is 5.91 Å². The Morgan fingerprint density at radius 2 is 1.92 bits per heavy atom. The maximum Gasteiger partial charge on any atom is 0.315 e. The Morgan fingerprint density at radius 3 is 2.48 bits per heavy atom. The van der Waals surface area contributed by atoms with Crippen LogP contribution >= 0.6 is 0 Å². The fourth-order valence-corrected chi connectivity index (χ4v) is 1.96. The molecule has 2 aromatic carbocycles. The Morgan fingerprint density at radius 1 is 1.24 bits per heavy atom. The van der Waals surface area contributed by atoms with Crippen molar-refractivity contribution in [2.75, 3.05) is 14.2 Å². The minimum Gasteiger partial charge on any atom is -0.500 e. The molecule has 0 fully saturated rings. The Hall–Kier alpha value is -3.62. The first kappa shape index (κ1) is 17.7. The average molecular weight is 345 g/mol. The lowest BCUT2D eigenvalue weighted by molar-refractivity contribution is -0.386. The molecule has 9 heteroatoms. The third-order valence-corrected chi connectivity index (χ3v) is 3.23. The molecule has 0 spiro atoms. The molecular weight excluding hydrogens is 330 g/mol. The first-order valence-electron chi connectivity index (χ1n) is 6.99. The van der Waals surface area contributed by atoms with Crippen LogP contribution in [0.4, 0.5) is 5.69 Å². The van der Waals surface area contributed by atoms with Gasteiger partial charge in [-0.05, 0) is 30.3 Å². The van der Waals surface area contributed by atoms with Gasteiger partial charge in [0, 0.05) is 17.2 Å². The van der Waals surface area contributed by atoms with E-state index in [4.69, 9.17) is 9.47 Å². The highest BCUT2D eigenvalue weighted by molar-refractivity contribution is 5.95. The van der Waals surface area contributed by atoms with Crippen molar-refractivity contribution in [2.24, 2.45) is 5.10 Å². The predicted octanol–water partition coefficient (Wildman–Crippen LogP) is 2.08.